The molecular weight excluding hydrogens is 559 g/mol. The van der Waals surface area contributed by atoms with Crippen LogP contribution in [0.5, 0.6) is 0 Å². The normalized spacial score (nSPS) is 15.9. The summed E-state index contributed by atoms with van der Waals surface area (Å²) in [5.74, 6) is -5.62. The summed E-state index contributed by atoms with van der Waals surface area (Å²) in [6.45, 7) is 3.30. The molecule has 1 aliphatic rings. The molecule has 0 spiro atoms. The maximum absolute atomic E-state index is 14.2. The molecule has 43 heavy (non-hydrogen) atoms. The molecule has 1 aromatic heterocycles. The highest BCUT2D eigenvalue weighted by Gasteiger charge is 2.34. The van der Waals surface area contributed by atoms with Crippen molar-refractivity contribution in [2.24, 2.45) is 11.8 Å². The highest BCUT2D eigenvalue weighted by molar-refractivity contribution is 6.40. The van der Waals surface area contributed by atoms with Gasteiger partial charge in [-0.25, -0.2) is 9.18 Å². The topological polar surface area (TPSA) is 164 Å². The fourth-order valence-corrected chi connectivity index (χ4v) is 4.89. The molecule has 12 heteroatoms. The Morgan fingerprint density at radius 2 is 1.74 bits per heavy atom. The number of aromatic amines is 1. The molecule has 1 saturated heterocycles. The van der Waals surface area contributed by atoms with Gasteiger partial charge in [0.1, 0.15) is 17.6 Å². The molecule has 226 valence electrons. The lowest BCUT2D eigenvalue weighted by Gasteiger charge is -2.25. The summed E-state index contributed by atoms with van der Waals surface area (Å²) in [6.07, 6.45) is 0.579. The van der Waals surface area contributed by atoms with E-state index in [2.05, 4.69) is 20.9 Å². The number of amides is 3. The highest BCUT2D eigenvalue weighted by Crippen LogP contribution is 2.20. The number of carbonyl (C=O) groups is 6. The van der Waals surface area contributed by atoms with Crippen molar-refractivity contribution in [3.8, 4) is 0 Å². The van der Waals surface area contributed by atoms with Crippen LogP contribution in [0.2, 0.25) is 0 Å². The molecular formula is C31H33FN4O7. The molecule has 0 aliphatic carbocycles. The number of halogens is 1. The zero-order valence-corrected chi connectivity index (χ0v) is 23.8. The number of fused-ring (bicyclic) bond motifs is 1. The molecule has 2 aromatic carbocycles. The Hall–Kier alpha value is -4.87. The predicted octanol–water partition coefficient (Wildman–Crippen LogP) is 2.46. The van der Waals surface area contributed by atoms with E-state index in [0.717, 1.165) is 0 Å². The maximum Gasteiger partial charge on any atom is 0.380 e. The van der Waals surface area contributed by atoms with E-state index in [0.29, 0.717) is 18.5 Å². The number of rotatable bonds is 13. The lowest BCUT2D eigenvalue weighted by molar-refractivity contribution is -0.144. The first-order valence-corrected chi connectivity index (χ1v) is 14.0. The number of hydrogen-bond donors (Lipinski definition) is 4. The quantitative estimate of drug-likeness (QED) is 0.135. The number of H-pyrrole nitrogens is 1. The van der Waals surface area contributed by atoms with Crippen molar-refractivity contribution >= 4 is 46.2 Å². The van der Waals surface area contributed by atoms with Crippen molar-refractivity contribution in [3.63, 3.8) is 0 Å². The first kappa shape index (κ1) is 31.1. The standard InChI is InChI=1S/C31H33FN4O7/c1-17(2)13-24(36-30(41)25-15-20-21(32)9-6-10-22(20)34-25)29(40)35-23(14-19-11-12-33-28(19)39)26(37)16-43-31(42)27(38)18-7-4-3-5-8-18/h3-10,15,17,19,23-24,34H,11-14,16H2,1-2H3,(H,33,39)(H,35,40)(H,36,41)/t19-,23-,24-/m0/s1. The van der Waals surface area contributed by atoms with Crippen LogP contribution in [0.1, 0.15) is 54.0 Å². The minimum atomic E-state index is -1.24. The van der Waals surface area contributed by atoms with Gasteiger partial charge in [0, 0.05) is 28.9 Å². The van der Waals surface area contributed by atoms with Gasteiger partial charge in [-0.15, -0.1) is 0 Å². The van der Waals surface area contributed by atoms with Crippen LogP contribution < -0.4 is 16.0 Å². The molecule has 11 nitrogen and oxygen atoms in total. The van der Waals surface area contributed by atoms with E-state index >= 15 is 0 Å². The van der Waals surface area contributed by atoms with Crippen LogP contribution in [-0.4, -0.2) is 65.5 Å². The van der Waals surface area contributed by atoms with Crippen LogP contribution in [0.4, 0.5) is 4.39 Å². The largest absolute Gasteiger partial charge is 0.452 e. The number of esters is 1. The number of hydrogen-bond acceptors (Lipinski definition) is 7. The number of Topliss-reactive ketones (excluding diaryl/α,β-unsaturated/α-hetero) is 2. The zero-order chi connectivity index (χ0) is 31.1. The van der Waals surface area contributed by atoms with E-state index in [9.17, 15) is 33.2 Å². The molecule has 4 rings (SSSR count). The molecule has 0 saturated carbocycles. The summed E-state index contributed by atoms with van der Waals surface area (Å²) in [4.78, 5) is 79.5. The molecule has 4 N–H and O–H groups in total. The van der Waals surface area contributed by atoms with Gasteiger partial charge in [0.2, 0.25) is 11.8 Å². The van der Waals surface area contributed by atoms with Gasteiger partial charge in [-0.2, -0.15) is 0 Å². The van der Waals surface area contributed by atoms with E-state index in [1.807, 2.05) is 13.8 Å². The Bertz CT molecular complexity index is 1540. The summed E-state index contributed by atoms with van der Waals surface area (Å²) in [6, 6.07) is 11.1. The average Bonchev–Trinajstić information content (AvgIpc) is 3.61. The summed E-state index contributed by atoms with van der Waals surface area (Å²) in [7, 11) is 0. The smallest absolute Gasteiger partial charge is 0.380 e. The number of aromatic nitrogens is 1. The number of ketones is 2. The summed E-state index contributed by atoms with van der Waals surface area (Å²) < 4.78 is 19.1. The van der Waals surface area contributed by atoms with Crippen LogP contribution in [0, 0.1) is 17.7 Å². The predicted molar refractivity (Wildman–Crippen MR) is 153 cm³/mol. The van der Waals surface area contributed by atoms with Crippen LogP contribution >= 0.6 is 0 Å². The van der Waals surface area contributed by atoms with Gasteiger partial charge in [0.05, 0.1) is 6.04 Å². The van der Waals surface area contributed by atoms with E-state index in [4.69, 9.17) is 4.74 Å². The molecule has 2 heterocycles. The van der Waals surface area contributed by atoms with Crippen molar-refractivity contribution < 1.29 is 37.9 Å². The Balaban J connectivity index is 1.47. The molecule has 1 fully saturated rings. The summed E-state index contributed by atoms with van der Waals surface area (Å²) in [5, 5.41) is 8.17. The van der Waals surface area contributed by atoms with Crippen molar-refractivity contribution in [1.82, 2.24) is 20.9 Å². The van der Waals surface area contributed by atoms with Crippen LogP contribution in [-0.2, 0) is 23.9 Å². The van der Waals surface area contributed by atoms with Gasteiger partial charge >= 0.3 is 5.97 Å². The number of carbonyl (C=O) groups excluding carboxylic acids is 6. The first-order valence-electron chi connectivity index (χ1n) is 14.0. The third kappa shape index (κ3) is 7.91. The maximum atomic E-state index is 14.2. The third-order valence-corrected chi connectivity index (χ3v) is 7.14. The number of ether oxygens (including phenoxy) is 1. The monoisotopic (exact) mass is 592 g/mol. The van der Waals surface area contributed by atoms with Crippen LogP contribution in [0.3, 0.4) is 0 Å². The highest BCUT2D eigenvalue weighted by atomic mass is 19.1. The van der Waals surface area contributed by atoms with E-state index in [-0.39, 0.29) is 41.3 Å². The van der Waals surface area contributed by atoms with E-state index in [1.165, 1.54) is 30.3 Å². The van der Waals surface area contributed by atoms with Crippen LogP contribution in [0.15, 0.2) is 54.6 Å². The van der Waals surface area contributed by atoms with Crippen molar-refractivity contribution in [1.29, 1.82) is 0 Å². The average molecular weight is 593 g/mol. The van der Waals surface area contributed by atoms with Gasteiger partial charge in [-0.05, 0) is 43.4 Å². The van der Waals surface area contributed by atoms with Crippen LogP contribution in [0.25, 0.3) is 10.9 Å². The molecule has 0 unspecified atom stereocenters. The van der Waals surface area contributed by atoms with E-state index in [1.54, 1.807) is 24.3 Å². The Kier molecular flexibility index (Phi) is 10.0. The number of nitrogens with one attached hydrogen (secondary N) is 4. The molecule has 1 aliphatic heterocycles. The third-order valence-electron chi connectivity index (χ3n) is 7.14. The second-order valence-electron chi connectivity index (χ2n) is 10.9. The van der Waals surface area contributed by atoms with Crippen molar-refractivity contribution in [2.45, 2.75) is 45.2 Å². The minimum absolute atomic E-state index is 0.0454. The summed E-state index contributed by atoms with van der Waals surface area (Å²) in [5.41, 5.74) is 0.556. The fourth-order valence-electron chi connectivity index (χ4n) is 4.89. The van der Waals surface area contributed by atoms with Gasteiger partial charge in [-0.3, -0.25) is 24.0 Å². The van der Waals surface area contributed by atoms with Crippen molar-refractivity contribution in [3.05, 3.63) is 71.7 Å². The van der Waals surface area contributed by atoms with E-state index < -0.39 is 59.8 Å². The lowest BCUT2D eigenvalue weighted by atomic mass is 9.95. The first-order chi connectivity index (χ1) is 20.5. The second kappa shape index (κ2) is 13.9. The SMILES string of the molecule is CC(C)C[C@H](NC(=O)c1cc2c(F)cccc2[nH]1)C(=O)N[C@@H](C[C@@H]1CCNC1=O)C(=O)COC(=O)C(=O)c1ccccc1. The lowest BCUT2D eigenvalue weighted by Crippen LogP contribution is -2.53. The Morgan fingerprint density at radius 1 is 1.00 bits per heavy atom. The fraction of sp³-hybridized carbons (Fsp3) is 0.355. The zero-order valence-electron chi connectivity index (χ0n) is 23.8. The molecule has 0 radical (unpaired) electrons. The molecule has 3 aromatic rings. The Morgan fingerprint density at radius 3 is 2.40 bits per heavy atom. The minimum Gasteiger partial charge on any atom is -0.452 e. The second-order valence-corrected chi connectivity index (χ2v) is 10.9. The van der Waals surface area contributed by atoms with Gasteiger partial charge < -0.3 is 25.7 Å². The van der Waals surface area contributed by atoms with Crippen molar-refractivity contribution in [2.75, 3.05) is 13.2 Å². The van der Waals surface area contributed by atoms with Gasteiger partial charge in [0.15, 0.2) is 12.4 Å². The molecule has 0 bridgehead atoms. The van der Waals surface area contributed by atoms with Gasteiger partial charge in [-0.1, -0.05) is 50.2 Å². The number of benzene rings is 2. The van der Waals surface area contributed by atoms with Gasteiger partial charge in [0.25, 0.3) is 11.7 Å². The summed E-state index contributed by atoms with van der Waals surface area (Å²) >= 11 is 0. The molecule has 3 amide bonds. The Labute approximate surface area is 246 Å². The molecule has 3 atom stereocenters.